The number of carbonyl (C=O) groups excluding carboxylic acids is 1. The fraction of sp³-hybridized carbons (Fsp3) is 0.188. The van der Waals surface area contributed by atoms with Crippen LogP contribution in [-0.2, 0) is 9.53 Å². The number of methoxy groups -OCH3 is 1. The number of rotatable bonds is 5. The predicted octanol–water partition coefficient (Wildman–Crippen LogP) is 3.30. The summed E-state index contributed by atoms with van der Waals surface area (Å²) in [6, 6.07) is 11.0. The summed E-state index contributed by atoms with van der Waals surface area (Å²) < 4.78 is 15.9. The lowest BCUT2D eigenvalue weighted by Gasteiger charge is -2.14. The van der Waals surface area contributed by atoms with Gasteiger partial charge in [-0.05, 0) is 36.6 Å². The van der Waals surface area contributed by atoms with Crippen LogP contribution in [0.3, 0.4) is 0 Å². The van der Waals surface area contributed by atoms with Crippen LogP contribution in [0.25, 0.3) is 10.8 Å². The lowest BCUT2D eigenvalue weighted by Crippen LogP contribution is -2.13. The van der Waals surface area contributed by atoms with E-state index in [-0.39, 0.29) is 6.29 Å². The van der Waals surface area contributed by atoms with Crippen LogP contribution in [0, 0.1) is 0 Å². The molecule has 0 fully saturated rings. The van der Waals surface area contributed by atoms with E-state index in [9.17, 15) is 4.79 Å². The van der Waals surface area contributed by atoms with E-state index in [0.29, 0.717) is 5.75 Å². The molecule has 0 spiro atoms. The van der Waals surface area contributed by atoms with Crippen molar-refractivity contribution in [2.75, 3.05) is 7.11 Å². The normalized spacial score (nSPS) is 11.9. The second kappa shape index (κ2) is 6.21. The summed E-state index contributed by atoms with van der Waals surface area (Å²) in [5, 5.41) is 1.84. The molecule has 0 bridgehead atoms. The van der Waals surface area contributed by atoms with E-state index >= 15 is 0 Å². The standard InChI is InChI=1S/C16H16O4/c1-4-16(17)20-13-8-9-14-12(10-13)6-5-7-15(14)19-11(2)18-3/h4-11H,1H2,2-3H3. The Morgan fingerprint density at radius 1 is 1.30 bits per heavy atom. The van der Waals surface area contributed by atoms with Crippen molar-refractivity contribution in [3.8, 4) is 11.5 Å². The van der Waals surface area contributed by atoms with E-state index in [4.69, 9.17) is 14.2 Å². The van der Waals surface area contributed by atoms with E-state index in [2.05, 4.69) is 6.58 Å². The Kier molecular flexibility index (Phi) is 4.38. The van der Waals surface area contributed by atoms with Gasteiger partial charge < -0.3 is 14.2 Å². The molecule has 0 saturated carbocycles. The Labute approximate surface area is 117 Å². The van der Waals surface area contributed by atoms with Gasteiger partial charge >= 0.3 is 5.97 Å². The highest BCUT2D eigenvalue weighted by Crippen LogP contribution is 2.29. The van der Waals surface area contributed by atoms with Gasteiger partial charge in [0, 0.05) is 18.6 Å². The van der Waals surface area contributed by atoms with E-state index in [1.54, 1.807) is 19.2 Å². The molecule has 0 aliphatic carbocycles. The lowest BCUT2D eigenvalue weighted by atomic mass is 10.1. The quantitative estimate of drug-likeness (QED) is 0.362. The van der Waals surface area contributed by atoms with Crippen LogP contribution in [0.15, 0.2) is 49.1 Å². The molecule has 0 heterocycles. The van der Waals surface area contributed by atoms with Crippen LogP contribution in [0.1, 0.15) is 6.92 Å². The summed E-state index contributed by atoms with van der Waals surface area (Å²) in [5.74, 6) is 0.711. The fourth-order valence-corrected chi connectivity index (χ4v) is 1.78. The number of hydrogen-bond donors (Lipinski definition) is 0. The van der Waals surface area contributed by atoms with Crippen molar-refractivity contribution < 1.29 is 19.0 Å². The molecule has 0 saturated heterocycles. The fourth-order valence-electron chi connectivity index (χ4n) is 1.78. The third-order valence-corrected chi connectivity index (χ3v) is 2.82. The zero-order valence-corrected chi connectivity index (χ0v) is 11.5. The van der Waals surface area contributed by atoms with Crippen molar-refractivity contribution in [1.82, 2.24) is 0 Å². The van der Waals surface area contributed by atoms with Gasteiger partial charge in [-0.2, -0.15) is 0 Å². The van der Waals surface area contributed by atoms with Crippen LogP contribution >= 0.6 is 0 Å². The van der Waals surface area contributed by atoms with E-state index in [1.165, 1.54) is 0 Å². The molecule has 4 nitrogen and oxygen atoms in total. The number of ether oxygens (including phenoxy) is 3. The molecular formula is C16H16O4. The largest absolute Gasteiger partial charge is 0.465 e. The summed E-state index contributed by atoms with van der Waals surface area (Å²) in [6.07, 6.45) is 0.795. The van der Waals surface area contributed by atoms with Gasteiger partial charge in [0.15, 0.2) is 6.29 Å². The SMILES string of the molecule is C=CC(=O)Oc1ccc2c(OC(C)OC)cccc2c1. The minimum Gasteiger partial charge on any atom is -0.465 e. The third kappa shape index (κ3) is 3.16. The third-order valence-electron chi connectivity index (χ3n) is 2.82. The molecule has 1 atom stereocenters. The number of carbonyl (C=O) groups is 1. The Balaban J connectivity index is 2.35. The summed E-state index contributed by atoms with van der Waals surface area (Å²) in [7, 11) is 1.59. The predicted molar refractivity (Wildman–Crippen MR) is 76.9 cm³/mol. The highest BCUT2D eigenvalue weighted by atomic mass is 16.7. The molecule has 0 N–H and O–H groups in total. The molecule has 0 aromatic heterocycles. The molecule has 0 aliphatic heterocycles. The zero-order chi connectivity index (χ0) is 14.5. The van der Waals surface area contributed by atoms with E-state index in [0.717, 1.165) is 22.6 Å². The second-order valence-corrected chi connectivity index (χ2v) is 4.19. The van der Waals surface area contributed by atoms with Gasteiger partial charge in [-0.1, -0.05) is 18.7 Å². The molecule has 104 valence electrons. The van der Waals surface area contributed by atoms with Crippen molar-refractivity contribution in [1.29, 1.82) is 0 Å². The van der Waals surface area contributed by atoms with Crippen LogP contribution in [0.4, 0.5) is 0 Å². The second-order valence-electron chi connectivity index (χ2n) is 4.19. The van der Waals surface area contributed by atoms with Crippen molar-refractivity contribution in [2.45, 2.75) is 13.2 Å². The molecule has 0 aliphatic rings. The average Bonchev–Trinajstić information content (AvgIpc) is 2.47. The van der Waals surface area contributed by atoms with Crippen LogP contribution in [-0.4, -0.2) is 19.4 Å². The Morgan fingerprint density at radius 3 is 2.80 bits per heavy atom. The number of esters is 1. The minimum atomic E-state index is -0.482. The van der Waals surface area contributed by atoms with Gasteiger partial charge in [-0.3, -0.25) is 0 Å². The van der Waals surface area contributed by atoms with Crippen LogP contribution in [0.2, 0.25) is 0 Å². The molecule has 2 aromatic rings. The highest BCUT2D eigenvalue weighted by molar-refractivity contribution is 5.90. The first kappa shape index (κ1) is 14.1. The van der Waals surface area contributed by atoms with Crippen LogP contribution < -0.4 is 9.47 Å². The van der Waals surface area contributed by atoms with Crippen molar-refractivity contribution >= 4 is 16.7 Å². The number of benzene rings is 2. The van der Waals surface area contributed by atoms with Gasteiger partial charge in [0.2, 0.25) is 0 Å². The average molecular weight is 272 g/mol. The summed E-state index contributed by atoms with van der Waals surface area (Å²) in [6.45, 7) is 5.19. The van der Waals surface area contributed by atoms with E-state index in [1.807, 2.05) is 31.2 Å². The molecule has 2 rings (SSSR count). The molecule has 0 amide bonds. The van der Waals surface area contributed by atoms with Crippen molar-refractivity contribution in [2.24, 2.45) is 0 Å². The molecular weight excluding hydrogens is 256 g/mol. The minimum absolute atomic E-state index is 0.334. The van der Waals surface area contributed by atoms with Gasteiger partial charge in [0.25, 0.3) is 0 Å². The topological polar surface area (TPSA) is 44.8 Å². The maximum atomic E-state index is 11.2. The molecule has 4 heteroatoms. The lowest BCUT2D eigenvalue weighted by molar-refractivity contribution is -0.128. The first-order chi connectivity index (χ1) is 9.63. The van der Waals surface area contributed by atoms with E-state index < -0.39 is 5.97 Å². The Bertz CT molecular complexity index is 633. The number of hydrogen-bond acceptors (Lipinski definition) is 4. The van der Waals surface area contributed by atoms with Crippen LogP contribution in [0.5, 0.6) is 11.5 Å². The monoisotopic (exact) mass is 272 g/mol. The molecule has 0 radical (unpaired) electrons. The molecule has 2 aromatic carbocycles. The van der Waals surface area contributed by atoms with Crippen molar-refractivity contribution in [3.05, 3.63) is 49.1 Å². The first-order valence-electron chi connectivity index (χ1n) is 6.20. The van der Waals surface area contributed by atoms with Gasteiger partial charge in [-0.25, -0.2) is 4.79 Å². The smallest absolute Gasteiger partial charge is 0.335 e. The maximum absolute atomic E-state index is 11.2. The summed E-state index contributed by atoms with van der Waals surface area (Å²) in [5.41, 5.74) is 0. The number of fused-ring (bicyclic) bond motifs is 1. The Morgan fingerprint density at radius 2 is 2.10 bits per heavy atom. The van der Waals surface area contributed by atoms with Crippen molar-refractivity contribution in [3.63, 3.8) is 0 Å². The summed E-state index contributed by atoms with van der Waals surface area (Å²) >= 11 is 0. The van der Waals surface area contributed by atoms with Gasteiger partial charge in [-0.15, -0.1) is 0 Å². The maximum Gasteiger partial charge on any atom is 0.335 e. The van der Waals surface area contributed by atoms with Gasteiger partial charge in [0.05, 0.1) is 0 Å². The Hall–Kier alpha value is -2.33. The highest BCUT2D eigenvalue weighted by Gasteiger charge is 2.08. The molecule has 20 heavy (non-hydrogen) atoms. The molecule has 1 unspecified atom stereocenters. The van der Waals surface area contributed by atoms with Gasteiger partial charge in [0.1, 0.15) is 11.5 Å². The zero-order valence-electron chi connectivity index (χ0n) is 11.5. The summed E-state index contributed by atoms with van der Waals surface area (Å²) in [4.78, 5) is 11.2. The first-order valence-corrected chi connectivity index (χ1v) is 6.20.